The summed E-state index contributed by atoms with van der Waals surface area (Å²) >= 11 is 0. The van der Waals surface area contributed by atoms with Crippen LogP contribution < -0.4 is 10.6 Å². The zero-order valence-electron chi connectivity index (χ0n) is 15.0. The van der Waals surface area contributed by atoms with Gasteiger partial charge in [0.05, 0.1) is 32.5 Å². The molecule has 2 aliphatic rings. The van der Waals surface area contributed by atoms with Crippen molar-refractivity contribution in [3.63, 3.8) is 0 Å². The molecule has 6 nitrogen and oxygen atoms in total. The maximum Gasteiger partial charge on any atom is 0.221 e. The third-order valence-corrected chi connectivity index (χ3v) is 4.87. The van der Waals surface area contributed by atoms with Crippen LogP contribution in [0.5, 0.6) is 0 Å². The van der Waals surface area contributed by atoms with Crippen LogP contribution in [0.15, 0.2) is 24.3 Å². The number of nitrogens with zero attached hydrogens (tertiary/aromatic N) is 1. The Morgan fingerprint density at radius 2 is 2.00 bits per heavy atom. The molecule has 2 unspecified atom stereocenters. The van der Waals surface area contributed by atoms with Crippen LogP contribution in [0.25, 0.3) is 0 Å². The number of hydrogen-bond donors (Lipinski definition) is 2. The monoisotopic (exact) mass is 347 g/mol. The van der Waals surface area contributed by atoms with Crippen LogP contribution in [0.1, 0.15) is 23.6 Å². The van der Waals surface area contributed by atoms with Crippen LogP contribution in [0.2, 0.25) is 0 Å². The summed E-state index contributed by atoms with van der Waals surface area (Å²) in [4.78, 5) is 14.7. The number of carbonyl (C=O) groups is 1. The summed E-state index contributed by atoms with van der Waals surface area (Å²) in [5.41, 5.74) is 2.49. The van der Waals surface area contributed by atoms with Gasteiger partial charge in [-0.2, -0.15) is 0 Å². The Morgan fingerprint density at radius 1 is 1.24 bits per heavy atom. The second kappa shape index (κ2) is 9.29. The highest BCUT2D eigenvalue weighted by molar-refractivity contribution is 5.76. The second-order valence-corrected chi connectivity index (χ2v) is 6.81. The third-order valence-electron chi connectivity index (χ3n) is 4.87. The zero-order valence-corrected chi connectivity index (χ0v) is 15.0. The molecule has 2 heterocycles. The Hall–Kier alpha value is -1.47. The third kappa shape index (κ3) is 5.51. The lowest BCUT2D eigenvalue weighted by molar-refractivity contribution is -0.122. The Kier molecular flexibility index (Phi) is 6.81. The van der Waals surface area contributed by atoms with Crippen LogP contribution >= 0.6 is 0 Å². The molecule has 2 aliphatic heterocycles. The van der Waals surface area contributed by atoms with Gasteiger partial charge in [-0.05, 0) is 12.5 Å². The highest BCUT2D eigenvalue weighted by Crippen LogP contribution is 2.21. The Bertz CT molecular complexity index is 537. The molecule has 0 aliphatic carbocycles. The summed E-state index contributed by atoms with van der Waals surface area (Å²) in [5.74, 6) is 0.0772. The maximum atomic E-state index is 12.3. The molecule has 0 spiro atoms. The minimum absolute atomic E-state index is 0.0772. The summed E-state index contributed by atoms with van der Waals surface area (Å²) in [6.07, 6.45) is 0.462. The van der Waals surface area contributed by atoms with E-state index in [1.165, 1.54) is 11.1 Å². The van der Waals surface area contributed by atoms with E-state index in [0.29, 0.717) is 19.6 Å². The van der Waals surface area contributed by atoms with Gasteiger partial charge in [-0.25, -0.2) is 0 Å². The molecule has 1 aromatic carbocycles. The lowest BCUT2D eigenvalue weighted by Crippen LogP contribution is -2.46. The minimum atomic E-state index is 0.0772. The molecule has 0 saturated carbocycles. The van der Waals surface area contributed by atoms with E-state index < -0.39 is 0 Å². The number of morpholine rings is 2. The molecule has 3 rings (SSSR count). The van der Waals surface area contributed by atoms with Gasteiger partial charge in [0.15, 0.2) is 0 Å². The highest BCUT2D eigenvalue weighted by atomic mass is 16.5. The number of aryl methyl sites for hydroxylation is 1. The number of ether oxygens (including phenoxy) is 2. The van der Waals surface area contributed by atoms with E-state index in [2.05, 4.69) is 46.7 Å². The molecular weight excluding hydrogens is 318 g/mol. The quantitative estimate of drug-likeness (QED) is 0.799. The van der Waals surface area contributed by atoms with Crippen molar-refractivity contribution >= 4 is 5.91 Å². The van der Waals surface area contributed by atoms with Crippen molar-refractivity contribution in [2.75, 3.05) is 52.6 Å². The number of nitrogens with one attached hydrogen (secondary N) is 2. The van der Waals surface area contributed by atoms with Crippen LogP contribution in [0.3, 0.4) is 0 Å². The molecule has 2 N–H and O–H groups in total. The summed E-state index contributed by atoms with van der Waals surface area (Å²) < 4.78 is 10.9. The molecule has 2 fully saturated rings. The lowest BCUT2D eigenvalue weighted by Gasteiger charge is -2.35. The van der Waals surface area contributed by atoms with Crippen molar-refractivity contribution in [3.05, 3.63) is 35.4 Å². The predicted octanol–water partition coefficient (Wildman–Crippen LogP) is 0.863. The van der Waals surface area contributed by atoms with Gasteiger partial charge in [-0.15, -0.1) is 0 Å². The topological polar surface area (TPSA) is 62.8 Å². The largest absolute Gasteiger partial charge is 0.379 e. The van der Waals surface area contributed by atoms with E-state index in [4.69, 9.17) is 9.47 Å². The lowest BCUT2D eigenvalue weighted by atomic mass is 10.0. The average molecular weight is 347 g/mol. The Labute approximate surface area is 149 Å². The minimum Gasteiger partial charge on any atom is -0.379 e. The number of rotatable bonds is 6. The molecule has 0 aromatic heterocycles. The molecule has 6 heteroatoms. The SMILES string of the molecule is Cc1ccc(C(CNC(=O)CC2COCCN2)N2CCOCC2)cc1. The number of benzene rings is 1. The Morgan fingerprint density at radius 3 is 2.68 bits per heavy atom. The molecule has 1 aromatic rings. The van der Waals surface area contributed by atoms with E-state index >= 15 is 0 Å². The summed E-state index contributed by atoms with van der Waals surface area (Å²) in [5, 5.41) is 6.45. The standard InChI is InChI=1S/C19H29N3O3/c1-15-2-4-16(5-3-15)18(22-7-10-24-11-8-22)13-21-19(23)12-17-14-25-9-6-20-17/h2-5,17-18,20H,6-14H2,1H3,(H,21,23). The summed E-state index contributed by atoms with van der Waals surface area (Å²) in [6, 6.07) is 8.90. The number of hydrogen-bond acceptors (Lipinski definition) is 5. The molecule has 138 valence electrons. The van der Waals surface area contributed by atoms with Crippen LogP contribution in [0.4, 0.5) is 0 Å². The first kappa shape index (κ1) is 18.3. The fourth-order valence-corrected chi connectivity index (χ4v) is 3.39. The van der Waals surface area contributed by atoms with E-state index in [1.54, 1.807) is 0 Å². The molecule has 0 radical (unpaired) electrons. The van der Waals surface area contributed by atoms with Crippen molar-refractivity contribution in [2.45, 2.75) is 25.4 Å². The van der Waals surface area contributed by atoms with Gasteiger partial charge in [0, 0.05) is 38.6 Å². The van der Waals surface area contributed by atoms with E-state index in [-0.39, 0.29) is 18.0 Å². The van der Waals surface area contributed by atoms with Gasteiger partial charge in [0.1, 0.15) is 0 Å². The van der Waals surface area contributed by atoms with Crippen LogP contribution in [0, 0.1) is 6.92 Å². The van der Waals surface area contributed by atoms with E-state index in [9.17, 15) is 4.79 Å². The molecule has 1 amide bonds. The van der Waals surface area contributed by atoms with Gasteiger partial charge in [0.25, 0.3) is 0 Å². The molecule has 0 bridgehead atoms. The molecule has 2 atom stereocenters. The average Bonchev–Trinajstić information content (AvgIpc) is 2.65. The van der Waals surface area contributed by atoms with Crippen molar-refractivity contribution in [1.29, 1.82) is 0 Å². The fourth-order valence-electron chi connectivity index (χ4n) is 3.39. The number of amides is 1. The first-order chi connectivity index (χ1) is 12.2. The summed E-state index contributed by atoms with van der Waals surface area (Å²) in [7, 11) is 0. The van der Waals surface area contributed by atoms with Gasteiger partial charge in [-0.3, -0.25) is 9.69 Å². The first-order valence-electron chi connectivity index (χ1n) is 9.18. The summed E-state index contributed by atoms with van der Waals surface area (Å²) in [6.45, 7) is 8.16. The van der Waals surface area contributed by atoms with Crippen molar-refractivity contribution in [2.24, 2.45) is 0 Å². The number of carbonyl (C=O) groups excluding carboxylic acids is 1. The van der Waals surface area contributed by atoms with Crippen LogP contribution in [-0.2, 0) is 14.3 Å². The first-order valence-corrected chi connectivity index (χ1v) is 9.18. The smallest absolute Gasteiger partial charge is 0.221 e. The van der Waals surface area contributed by atoms with Crippen molar-refractivity contribution in [1.82, 2.24) is 15.5 Å². The Balaban J connectivity index is 1.58. The van der Waals surface area contributed by atoms with Crippen molar-refractivity contribution in [3.8, 4) is 0 Å². The zero-order chi connectivity index (χ0) is 17.5. The maximum absolute atomic E-state index is 12.3. The van der Waals surface area contributed by atoms with Crippen molar-refractivity contribution < 1.29 is 14.3 Å². The molecule has 2 saturated heterocycles. The highest BCUT2D eigenvalue weighted by Gasteiger charge is 2.24. The fraction of sp³-hybridized carbons (Fsp3) is 0.632. The van der Waals surface area contributed by atoms with Gasteiger partial charge >= 0.3 is 0 Å². The van der Waals surface area contributed by atoms with Gasteiger partial charge < -0.3 is 20.1 Å². The second-order valence-electron chi connectivity index (χ2n) is 6.81. The van der Waals surface area contributed by atoms with E-state index in [0.717, 1.165) is 39.5 Å². The molecule has 25 heavy (non-hydrogen) atoms. The normalized spacial score (nSPS) is 23.2. The van der Waals surface area contributed by atoms with Gasteiger partial charge in [0.2, 0.25) is 5.91 Å². The van der Waals surface area contributed by atoms with Gasteiger partial charge in [-0.1, -0.05) is 29.8 Å². The predicted molar refractivity (Wildman–Crippen MR) is 96.5 cm³/mol. The van der Waals surface area contributed by atoms with Crippen LogP contribution in [-0.4, -0.2) is 69.5 Å². The van der Waals surface area contributed by atoms with E-state index in [1.807, 2.05) is 0 Å². The molecular formula is C19H29N3O3.